The van der Waals surface area contributed by atoms with Crippen molar-refractivity contribution in [3.63, 3.8) is 0 Å². The van der Waals surface area contributed by atoms with Gasteiger partial charge in [0.2, 0.25) is 0 Å². The third-order valence-corrected chi connectivity index (χ3v) is 2.76. The number of benzene rings is 2. The topological polar surface area (TPSA) is 31.2 Å². The zero-order valence-electron chi connectivity index (χ0n) is 12.3. The van der Waals surface area contributed by atoms with Crippen LogP contribution in [0.5, 0.6) is 0 Å². The van der Waals surface area contributed by atoms with Crippen molar-refractivity contribution >= 4 is 33.3 Å². The van der Waals surface area contributed by atoms with Crippen molar-refractivity contribution in [2.45, 2.75) is 0 Å². The Bertz CT molecular complexity index is 522. The van der Waals surface area contributed by atoms with Gasteiger partial charge in [-0.1, -0.05) is 36.4 Å². The van der Waals surface area contributed by atoms with Crippen molar-refractivity contribution in [2.75, 3.05) is 24.1 Å². The van der Waals surface area contributed by atoms with Crippen LogP contribution in [0.1, 0.15) is 0 Å². The van der Waals surface area contributed by atoms with E-state index in [1.165, 1.54) is 0 Å². The number of hydrazone groups is 2. The first-order chi connectivity index (χ1) is 10.8. The molecule has 0 saturated carbocycles. The molecule has 0 saturated heterocycles. The molecule has 0 aromatic heterocycles. The maximum absolute atomic E-state index is 4.49. The SMILES string of the molecule is CN(N=[C-]/C=N/N(C)c1ccccc1)c1ccccc1.[Cl][Pd+]. The first-order valence-corrected chi connectivity index (χ1v) is 8.45. The normalized spacial score (nSPS) is 10.4. The molecule has 0 heterocycles. The molecule has 0 aliphatic carbocycles. The fourth-order valence-electron chi connectivity index (χ4n) is 1.64. The molecular formula is C16H17ClN4Pd. The molecule has 0 amide bonds. The van der Waals surface area contributed by atoms with Gasteiger partial charge in [-0.2, -0.15) is 0 Å². The van der Waals surface area contributed by atoms with Crippen molar-refractivity contribution in [1.29, 1.82) is 0 Å². The van der Waals surface area contributed by atoms with E-state index in [0.29, 0.717) is 0 Å². The van der Waals surface area contributed by atoms with Gasteiger partial charge in [0.05, 0.1) is 11.4 Å². The molecule has 0 aliphatic heterocycles. The first kappa shape index (κ1) is 18.4. The molecule has 4 nitrogen and oxygen atoms in total. The molecule has 0 unspecified atom stereocenters. The minimum absolute atomic E-state index is 1.00. The maximum atomic E-state index is 4.49. The second-order valence-corrected chi connectivity index (χ2v) is 4.19. The third kappa shape index (κ3) is 6.40. The molecule has 0 atom stereocenters. The van der Waals surface area contributed by atoms with Gasteiger partial charge in [-0.15, -0.1) is 6.21 Å². The molecular weight excluding hydrogens is 390 g/mol. The molecule has 0 fully saturated rings. The third-order valence-electron chi connectivity index (χ3n) is 2.76. The van der Waals surface area contributed by atoms with Crippen LogP contribution in [0.2, 0.25) is 0 Å². The first-order valence-electron chi connectivity index (χ1n) is 6.45. The van der Waals surface area contributed by atoms with Crippen LogP contribution in [-0.2, 0) is 18.2 Å². The summed E-state index contributed by atoms with van der Waals surface area (Å²) in [6.45, 7) is 0. The van der Waals surface area contributed by atoms with Gasteiger partial charge in [0.25, 0.3) is 0 Å². The number of rotatable bonds is 5. The Kier molecular flexibility index (Phi) is 9.17. The Hall–Kier alpha value is -1.67. The van der Waals surface area contributed by atoms with Crippen molar-refractivity contribution < 1.29 is 18.2 Å². The average molecular weight is 407 g/mol. The summed E-state index contributed by atoms with van der Waals surface area (Å²) in [7, 11) is 8.24. The quantitative estimate of drug-likeness (QED) is 0.327. The molecule has 0 radical (unpaired) electrons. The fraction of sp³-hybridized carbons (Fsp3) is 0.125. The van der Waals surface area contributed by atoms with Gasteiger partial charge in [0.15, 0.2) is 0 Å². The standard InChI is InChI=1S/C16H17N4.ClH.Pd/c1-19(15-9-5-3-6-10-15)17-13-14-18-20(2)16-11-7-4-8-12-16;;/h3-13H,1-2H3;1H;/q-1;;+2/p-1/b17-13+;;. The molecule has 6 heteroatoms. The summed E-state index contributed by atoms with van der Waals surface area (Å²) in [4.78, 5) is 0. The fourth-order valence-corrected chi connectivity index (χ4v) is 1.64. The van der Waals surface area contributed by atoms with Gasteiger partial charge in [-0.05, 0) is 24.3 Å². The van der Waals surface area contributed by atoms with E-state index >= 15 is 0 Å². The van der Waals surface area contributed by atoms with E-state index < -0.39 is 0 Å². The second kappa shape index (κ2) is 11.0. The van der Waals surface area contributed by atoms with Crippen molar-refractivity contribution in [1.82, 2.24) is 0 Å². The van der Waals surface area contributed by atoms with Gasteiger partial charge in [-0.3, -0.25) is 5.01 Å². The van der Waals surface area contributed by atoms with Crippen LogP contribution < -0.4 is 10.0 Å². The van der Waals surface area contributed by atoms with Crippen LogP contribution in [0.25, 0.3) is 0 Å². The monoisotopic (exact) mass is 406 g/mol. The van der Waals surface area contributed by atoms with Crippen LogP contribution >= 0.6 is 9.53 Å². The summed E-state index contributed by atoms with van der Waals surface area (Å²) in [6.07, 6.45) is 4.35. The van der Waals surface area contributed by atoms with E-state index in [-0.39, 0.29) is 0 Å². The number of anilines is 2. The molecule has 22 heavy (non-hydrogen) atoms. The van der Waals surface area contributed by atoms with Gasteiger partial charge >= 0.3 is 27.7 Å². The Labute approximate surface area is 146 Å². The van der Waals surface area contributed by atoms with Crippen LogP contribution in [0.15, 0.2) is 70.9 Å². The number of nitrogens with zero attached hydrogens (tertiary/aromatic N) is 4. The van der Waals surface area contributed by atoms with Gasteiger partial charge in [0.1, 0.15) is 0 Å². The van der Waals surface area contributed by atoms with Crippen LogP contribution in [0.3, 0.4) is 0 Å². The summed E-state index contributed by atoms with van der Waals surface area (Å²) in [5, 5.41) is 11.9. The van der Waals surface area contributed by atoms with E-state index in [4.69, 9.17) is 0 Å². The van der Waals surface area contributed by atoms with E-state index in [1.54, 1.807) is 16.2 Å². The second-order valence-electron chi connectivity index (χ2n) is 4.19. The molecule has 0 spiro atoms. The van der Waals surface area contributed by atoms with E-state index in [9.17, 15) is 0 Å². The predicted octanol–water partition coefficient (Wildman–Crippen LogP) is 3.79. The summed E-state index contributed by atoms with van der Waals surface area (Å²) in [5.74, 6) is 0. The van der Waals surface area contributed by atoms with E-state index in [2.05, 4.69) is 44.1 Å². The molecule has 0 bridgehead atoms. The van der Waals surface area contributed by atoms with E-state index in [1.807, 2.05) is 74.8 Å². The molecule has 2 aromatic carbocycles. The van der Waals surface area contributed by atoms with Crippen LogP contribution in [0, 0.1) is 0 Å². The number of halogens is 1. The Morgan fingerprint density at radius 1 is 0.864 bits per heavy atom. The summed E-state index contributed by atoms with van der Waals surface area (Å²) in [6, 6.07) is 19.8. The Balaban J connectivity index is 0.00000116. The molecule has 2 aromatic rings. The summed E-state index contributed by atoms with van der Waals surface area (Å²) < 4.78 is 0. The molecule has 0 N–H and O–H groups in total. The number of hydrogen-bond acceptors (Lipinski definition) is 4. The molecule has 0 aliphatic rings. The van der Waals surface area contributed by atoms with Crippen molar-refractivity contribution in [3.8, 4) is 0 Å². The van der Waals surface area contributed by atoms with Gasteiger partial charge in [-0.25, -0.2) is 5.10 Å². The number of hydrogen-bond donors (Lipinski definition) is 0. The molecule has 118 valence electrons. The zero-order chi connectivity index (χ0) is 16.2. The van der Waals surface area contributed by atoms with Crippen molar-refractivity contribution in [2.24, 2.45) is 10.2 Å². The van der Waals surface area contributed by atoms with Gasteiger partial charge < -0.3 is 16.3 Å². The number of para-hydroxylation sites is 2. The summed E-state index contributed by atoms with van der Waals surface area (Å²) in [5.41, 5.74) is 2.02. The zero-order valence-corrected chi connectivity index (χ0v) is 14.6. The minimum atomic E-state index is 1.00. The predicted molar refractivity (Wildman–Crippen MR) is 91.5 cm³/mol. The van der Waals surface area contributed by atoms with E-state index in [0.717, 1.165) is 11.4 Å². The van der Waals surface area contributed by atoms with Crippen molar-refractivity contribution in [3.05, 3.63) is 60.7 Å². The van der Waals surface area contributed by atoms with Crippen LogP contribution in [0.4, 0.5) is 11.4 Å². The Morgan fingerprint density at radius 2 is 1.32 bits per heavy atom. The summed E-state index contributed by atoms with van der Waals surface area (Å²) >= 11 is 2.22. The van der Waals surface area contributed by atoms with Crippen LogP contribution in [-0.4, -0.2) is 26.5 Å². The Morgan fingerprint density at radius 3 is 1.82 bits per heavy atom. The van der Waals surface area contributed by atoms with Gasteiger partial charge in [0, 0.05) is 14.1 Å². The average Bonchev–Trinajstić information content (AvgIpc) is 2.61. The molecule has 2 rings (SSSR count).